The number of likely N-dealkylation sites (tertiary alicyclic amines) is 1. The average Bonchev–Trinajstić information content (AvgIpc) is 3.62. The van der Waals surface area contributed by atoms with Crippen LogP contribution in [0.1, 0.15) is 24.0 Å². The molecule has 3 aromatic rings. The highest BCUT2D eigenvalue weighted by atomic mass is 79.9. The highest BCUT2D eigenvalue weighted by molar-refractivity contribution is 9.10. The molecule has 3 N–H and O–H groups in total. The zero-order valence-electron chi connectivity index (χ0n) is 25.8. The quantitative estimate of drug-likeness (QED) is 0.240. The number of rotatable bonds is 9. The molecule has 242 valence electrons. The number of anilines is 3. The van der Waals surface area contributed by atoms with Crippen LogP contribution in [-0.2, 0) is 11.2 Å². The standard InChI is InChI=1S/C27H41BrN8Si.C2HF3O2/c1-20-22(29-8-11-34-9-5-6-10-34)17-21(7-16-37(2,3)4)18-23(20)35-12-14-36(15-13-35)27-24-25(28)32-33-26(24)30-19-31-27;3-2(4,5)1(6)7/h17-19,29H,5-16H2,1-4H3,(H,30,31,32,33);(H,6,7). The van der Waals surface area contributed by atoms with Gasteiger partial charge in [0, 0.05) is 58.7 Å². The summed E-state index contributed by atoms with van der Waals surface area (Å²) in [5, 5.41) is 19.2. The second-order valence-corrected chi connectivity index (χ2v) is 18.9. The van der Waals surface area contributed by atoms with Crippen LogP contribution in [0.3, 0.4) is 0 Å². The average molecular weight is 700 g/mol. The summed E-state index contributed by atoms with van der Waals surface area (Å²) in [7, 11) is -1.11. The normalized spacial score (nSPS) is 16.3. The van der Waals surface area contributed by atoms with Crippen molar-refractivity contribution in [3.8, 4) is 0 Å². The number of alkyl halides is 3. The number of aliphatic carboxylic acids is 1. The Hall–Kier alpha value is -2.91. The molecule has 2 aliphatic heterocycles. The first-order valence-corrected chi connectivity index (χ1v) is 19.5. The molecule has 1 aromatic carbocycles. The molecule has 0 atom stereocenters. The van der Waals surface area contributed by atoms with Crippen molar-refractivity contribution in [2.75, 3.05) is 67.5 Å². The van der Waals surface area contributed by atoms with Crippen LogP contribution in [0, 0.1) is 6.92 Å². The molecule has 44 heavy (non-hydrogen) atoms. The minimum absolute atomic E-state index is 0.773. The molecule has 0 bridgehead atoms. The van der Waals surface area contributed by atoms with E-state index in [-0.39, 0.29) is 0 Å². The predicted molar refractivity (Wildman–Crippen MR) is 175 cm³/mol. The number of hydrogen-bond acceptors (Lipinski definition) is 8. The number of carboxylic acids is 1. The first-order chi connectivity index (χ1) is 20.7. The number of nitrogens with zero attached hydrogens (tertiary/aromatic N) is 6. The van der Waals surface area contributed by atoms with Crippen LogP contribution in [0.5, 0.6) is 0 Å². The summed E-state index contributed by atoms with van der Waals surface area (Å²) in [5.41, 5.74) is 6.30. The van der Waals surface area contributed by atoms with Gasteiger partial charge in [-0.05, 0) is 78.5 Å². The van der Waals surface area contributed by atoms with Crippen LogP contribution < -0.4 is 15.1 Å². The second kappa shape index (κ2) is 14.5. The number of hydrogen-bond donors (Lipinski definition) is 3. The van der Waals surface area contributed by atoms with E-state index in [9.17, 15) is 13.2 Å². The summed E-state index contributed by atoms with van der Waals surface area (Å²) in [6.45, 7) is 18.1. The molecule has 2 saturated heterocycles. The van der Waals surface area contributed by atoms with Crippen LogP contribution in [-0.4, -0.2) is 103 Å². The summed E-state index contributed by atoms with van der Waals surface area (Å²) in [4.78, 5) is 25.4. The fourth-order valence-corrected chi connectivity index (χ4v) is 6.99. The lowest BCUT2D eigenvalue weighted by Gasteiger charge is -2.38. The van der Waals surface area contributed by atoms with Crippen LogP contribution in [0.25, 0.3) is 11.0 Å². The van der Waals surface area contributed by atoms with Crippen molar-refractivity contribution < 1.29 is 23.1 Å². The Morgan fingerprint density at radius 1 is 1.07 bits per heavy atom. The minimum atomic E-state index is -5.08. The third-order valence-electron chi connectivity index (χ3n) is 8.00. The number of aromatic amines is 1. The number of piperazine rings is 1. The van der Waals surface area contributed by atoms with E-state index < -0.39 is 20.2 Å². The number of carbonyl (C=O) groups is 1. The van der Waals surface area contributed by atoms with Gasteiger partial charge in [0.05, 0.1) is 5.39 Å². The smallest absolute Gasteiger partial charge is 0.475 e. The van der Waals surface area contributed by atoms with Gasteiger partial charge < -0.3 is 25.1 Å². The molecule has 2 aromatic heterocycles. The maximum Gasteiger partial charge on any atom is 0.490 e. The van der Waals surface area contributed by atoms with Gasteiger partial charge in [0.15, 0.2) is 5.65 Å². The van der Waals surface area contributed by atoms with Crippen molar-refractivity contribution >= 4 is 58.2 Å². The van der Waals surface area contributed by atoms with Gasteiger partial charge in [-0.15, -0.1) is 0 Å². The van der Waals surface area contributed by atoms with Gasteiger partial charge in [0.1, 0.15) is 16.7 Å². The third kappa shape index (κ3) is 9.07. The van der Waals surface area contributed by atoms with Gasteiger partial charge in [-0.25, -0.2) is 14.8 Å². The van der Waals surface area contributed by atoms with E-state index in [4.69, 9.17) is 9.90 Å². The van der Waals surface area contributed by atoms with E-state index >= 15 is 0 Å². The molecule has 0 unspecified atom stereocenters. The van der Waals surface area contributed by atoms with Crippen molar-refractivity contribution in [2.24, 2.45) is 0 Å². The highest BCUT2D eigenvalue weighted by Gasteiger charge is 2.38. The SMILES string of the molecule is Cc1c(NCCN2CCCC2)cc(CC[Si](C)(C)C)cc1N1CCN(c2ncnc3[nH]nc(Br)c23)CC1.O=C(O)C(F)(F)F. The van der Waals surface area contributed by atoms with Crippen LogP contribution in [0.15, 0.2) is 23.1 Å². The van der Waals surface area contributed by atoms with E-state index in [2.05, 4.69) is 94.8 Å². The molecule has 0 saturated carbocycles. The summed E-state index contributed by atoms with van der Waals surface area (Å²) in [5.74, 6) is -1.80. The Bertz CT molecular complexity index is 1420. The van der Waals surface area contributed by atoms with Crippen molar-refractivity contribution in [2.45, 2.75) is 58.0 Å². The van der Waals surface area contributed by atoms with E-state index in [1.54, 1.807) is 6.33 Å². The molecule has 0 spiro atoms. The molecular weight excluding hydrogens is 657 g/mol. The van der Waals surface area contributed by atoms with E-state index in [1.807, 2.05) is 0 Å². The largest absolute Gasteiger partial charge is 0.490 e. The Kier molecular flexibility index (Phi) is 11.2. The number of aromatic nitrogens is 4. The number of H-pyrrole nitrogens is 1. The van der Waals surface area contributed by atoms with E-state index in [0.717, 1.165) is 67.1 Å². The molecule has 2 fully saturated rings. The molecule has 0 amide bonds. The van der Waals surface area contributed by atoms with E-state index in [0.29, 0.717) is 0 Å². The molecule has 4 heterocycles. The van der Waals surface area contributed by atoms with Crippen molar-refractivity contribution in [3.63, 3.8) is 0 Å². The Balaban J connectivity index is 0.000000566. The summed E-state index contributed by atoms with van der Waals surface area (Å²) in [6, 6.07) is 6.21. The molecule has 0 radical (unpaired) electrons. The minimum Gasteiger partial charge on any atom is -0.475 e. The zero-order chi connectivity index (χ0) is 32.1. The van der Waals surface area contributed by atoms with Crippen molar-refractivity contribution in [1.82, 2.24) is 25.1 Å². The lowest BCUT2D eigenvalue weighted by molar-refractivity contribution is -0.192. The van der Waals surface area contributed by atoms with Gasteiger partial charge in [-0.3, -0.25) is 5.10 Å². The van der Waals surface area contributed by atoms with Crippen molar-refractivity contribution in [1.29, 1.82) is 0 Å². The fourth-order valence-electron chi connectivity index (χ4n) is 5.50. The van der Waals surface area contributed by atoms with Gasteiger partial charge >= 0.3 is 12.1 Å². The topological polar surface area (TPSA) is 114 Å². The molecule has 0 aliphatic carbocycles. The Labute approximate surface area is 265 Å². The number of fused-ring (bicyclic) bond motifs is 1. The number of aryl methyl sites for hydroxylation is 1. The second-order valence-electron chi connectivity index (χ2n) is 12.5. The van der Waals surface area contributed by atoms with Crippen molar-refractivity contribution in [3.05, 3.63) is 34.2 Å². The first-order valence-electron chi connectivity index (χ1n) is 15.0. The summed E-state index contributed by atoms with van der Waals surface area (Å²) >= 11 is 3.56. The van der Waals surface area contributed by atoms with Gasteiger partial charge in [-0.1, -0.05) is 25.7 Å². The third-order valence-corrected chi connectivity index (χ3v) is 10.3. The molecule has 10 nitrogen and oxygen atoms in total. The lowest BCUT2D eigenvalue weighted by atomic mass is 10.0. The van der Waals surface area contributed by atoms with Gasteiger partial charge in [0.2, 0.25) is 0 Å². The maximum absolute atomic E-state index is 10.6. The molecule has 5 rings (SSSR count). The van der Waals surface area contributed by atoms with Crippen LogP contribution in [0.4, 0.5) is 30.4 Å². The monoisotopic (exact) mass is 698 g/mol. The molecule has 2 aliphatic rings. The zero-order valence-corrected chi connectivity index (χ0v) is 28.4. The Morgan fingerprint density at radius 2 is 1.70 bits per heavy atom. The summed E-state index contributed by atoms with van der Waals surface area (Å²) < 4.78 is 32.5. The Morgan fingerprint density at radius 3 is 2.32 bits per heavy atom. The first kappa shape index (κ1) is 34.0. The summed E-state index contributed by atoms with van der Waals surface area (Å²) in [6.07, 6.45) is 0.400. The van der Waals surface area contributed by atoms with Gasteiger partial charge in [-0.2, -0.15) is 18.3 Å². The fraction of sp³-hybridized carbons (Fsp3) is 0.586. The number of benzene rings is 1. The maximum atomic E-state index is 10.6. The van der Waals surface area contributed by atoms with E-state index in [1.165, 1.54) is 54.5 Å². The van der Waals surface area contributed by atoms with Crippen LogP contribution in [0.2, 0.25) is 25.7 Å². The number of nitrogens with one attached hydrogen (secondary N) is 2. The van der Waals surface area contributed by atoms with Crippen LogP contribution >= 0.6 is 15.9 Å². The highest BCUT2D eigenvalue weighted by Crippen LogP contribution is 2.33. The lowest BCUT2D eigenvalue weighted by Crippen LogP contribution is -2.47. The molecule has 15 heteroatoms. The number of carboxylic acid groups (broad SMARTS) is 1. The van der Waals surface area contributed by atoms with Gasteiger partial charge in [0.25, 0.3) is 0 Å². The molecular formula is C29H42BrF3N8O2Si. The predicted octanol–water partition coefficient (Wildman–Crippen LogP) is 5.77. The number of halogens is 4.